The summed E-state index contributed by atoms with van der Waals surface area (Å²) in [6, 6.07) is 0. The van der Waals surface area contributed by atoms with Gasteiger partial charge in [-0.15, -0.1) is 0 Å². The zero-order chi connectivity index (χ0) is 7.82. The highest BCUT2D eigenvalue weighted by Crippen LogP contribution is 2.02. The van der Waals surface area contributed by atoms with E-state index in [1.54, 1.807) is 0 Å². The summed E-state index contributed by atoms with van der Waals surface area (Å²) in [7, 11) is 4.01. The van der Waals surface area contributed by atoms with E-state index in [1.165, 1.54) is 5.75 Å². The summed E-state index contributed by atoms with van der Waals surface area (Å²) in [6.07, 6.45) is 2.15. The minimum absolute atomic E-state index is 0.769. The van der Waals surface area contributed by atoms with Gasteiger partial charge in [-0.2, -0.15) is 11.8 Å². The van der Waals surface area contributed by atoms with Crippen molar-refractivity contribution in [1.82, 2.24) is 10.6 Å². The highest BCUT2D eigenvalue weighted by atomic mass is 32.2. The van der Waals surface area contributed by atoms with Gasteiger partial charge in [0.2, 0.25) is 0 Å². The molecule has 0 rings (SSSR count). The van der Waals surface area contributed by atoms with Gasteiger partial charge in [0.15, 0.2) is 0 Å². The van der Waals surface area contributed by atoms with Gasteiger partial charge in [-0.3, -0.25) is 0 Å². The van der Waals surface area contributed by atoms with E-state index in [4.69, 9.17) is 0 Å². The second kappa shape index (κ2) is 7.38. The van der Waals surface area contributed by atoms with Gasteiger partial charge in [-0.1, -0.05) is 0 Å². The number of thioether (sulfide) groups is 1. The predicted molar refractivity (Wildman–Crippen MR) is 49.7 cm³/mol. The van der Waals surface area contributed by atoms with Gasteiger partial charge < -0.3 is 10.6 Å². The summed E-state index contributed by atoms with van der Waals surface area (Å²) in [4.78, 5) is 0. The molecule has 0 aromatic heterocycles. The van der Waals surface area contributed by atoms with Crippen LogP contribution in [0.5, 0.6) is 0 Å². The van der Waals surface area contributed by atoms with Crippen LogP contribution in [0.1, 0.15) is 0 Å². The first-order chi connectivity index (χ1) is 4.85. The van der Waals surface area contributed by atoms with Crippen LogP contribution in [0.25, 0.3) is 0 Å². The van der Waals surface area contributed by atoms with Gasteiger partial charge in [0, 0.05) is 0 Å². The van der Waals surface area contributed by atoms with Crippen molar-refractivity contribution in [1.29, 1.82) is 0 Å². The van der Waals surface area contributed by atoms with Crippen LogP contribution in [-0.2, 0) is 0 Å². The molecular formula is C7H18N2S. The molecule has 0 saturated heterocycles. The summed E-state index contributed by atoms with van der Waals surface area (Å²) in [5.41, 5.74) is 0. The van der Waals surface area contributed by atoms with Crippen molar-refractivity contribution < 1.29 is 0 Å². The van der Waals surface area contributed by atoms with Crippen molar-refractivity contribution in [3.8, 4) is 0 Å². The molecule has 0 aromatic rings. The lowest BCUT2D eigenvalue weighted by Gasteiger charge is -2.13. The topological polar surface area (TPSA) is 24.1 Å². The SMILES string of the molecule is CNCC(CNC)CSC. The average molecular weight is 162 g/mol. The average Bonchev–Trinajstić information content (AvgIpc) is 1.90. The molecular weight excluding hydrogens is 144 g/mol. The Balaban J connectivity index is 3.30. The summed E-state index contributed by atoms with van der Waals surface area (Å²) in [5, 5.41) is 6.37. The molecule has 0 aliphatic heterocycles. The molecule has 0 aromatic carbocycles. The standard InChI is InChI=1S/C7H18N2S/c1-8-4-7(5-9-2)6-10-3/h7-9H,4-6H2,1-3H3. The van der Waals surface area contributed by atoms with E-state index in [2.05, 4.69) is 16.9 Å². The molecule has 2 N–H and O–H groups in total. The zero-order valence-corrected chi connectivity index (χ0v) is 7.92. The quantitative estimate of drug-likeness (QED) is 0.591. The van der Waals surface area contributed by atoms with E-state index in [0.717, 1.165) is 19.0 Å². The van der Waals surface area contributed by atoms with Crippen molar-refractivity contribution in [2.24, 2.45) is 5.92 Å². The second-order valence-corrected chi connectivity index (χ2v) is 3.35. The smallest absolute Gasteiger partial charge is 0.000346 e. The largest absolute Gasteiger partial charge is 0.319 e. The number of nitrogens with one attached hydrogen (secondary N) is 2. The molecule has 62 valence electrons. The Morgan fingerprint density at radius 1 is 1.20 bits per heavy atom. The van der Waals surface area contributed by atoms with Crippen LogP contribution in [0.4, 0.5) is 0 Å². The molecule has 10 heavy (non-hydrogen) atoms. The Morgan fingerprint density at radius 2 is 1.70 bits per heavy atom. The molecule has 0 spiro atoms. The summed E-state index contributed by atoms with van der Waals surface area (Å²) in [6.45, 7) is 2.23. The lowest BCUT2D eigenvalue weighted by atomic mass is 10.2. The fourth-order valence-electron chi connectivity index (χ4n) is 1.00. The summed E-state index contributed by atoms with van der Waals surface area (Å²) < 4.78 is 0. The lowest BCUT2D eigenvalue weighted by molar-refractivity contribution is 0.523. The lowest BCUT2D eigenvalue weighted by Crippen LogP contribution is -2.29. The Labute approximate surface area is 68.2 Å². The van der Waals surface area contributed by atoms with E-state index >= 15 is 0 Å². The second-order valence-electron chi connectivity index (χ2n) is 2.44. The Kier molecular flexibility index (Phi) is 7.58. The van der Waals surface area contributed by atoms with E-state index in [0.29, 0.717) is 0 Å². The van der Waals surface area contributed by atoms with Gasteiger partial charge in [-0.25, -0.2) is 0 Å². The van der Waals surface area contributed by atoms with Crippen LogP contribution in [0.2, 0.25) is 0 Å². The zero-order valence-electron chi connectivity index (χ0n) is 7.11. The van der Waals surface area contributed by atoms with Crippen molar-refractivity contribution in [2.45, 2.75) is 0 Å². The van der Waals surface area contributed by atoms with Crippen LogP contribution in [0.15, 0.2) is 0 Å². The number of rotatable bonds is 6. The fraction of sp³-hybridized carbons (Fsp3) is 1.00. The van der Waals surface area contributed by atoms with Gasteiger partial charge in [0.1, 0.15) is 0 Å². The van der Waals surface area contributed by atoms with Crippen molar-refractivity contribution in [3.05, 3.63) is 0 Å². The van der Waals surface area contributed by atoms with Crippen LogP contribution >= 0.6 is 11.8 Å². The predicted octanol–water partition coefficient (Wildman–Crippen LogP) is 0.404. The molecule has 0 radical (unpaired) electrons. The molecule has 0 unspecified atom stereocenters. The van der Waals surface area contributed by atoms with Gasteiger partial charge in [0.05, 0.1) is 0 Å². The van der Waals surface area contributed by atoms with Crippen LogP contribution in [0.3, 0.4) is 0 Å². The summed E-state index contributed by atoms with van der Waals surface area (Å²) in [5.74, 6) is 2.01. The molecule has 0 aliphatic carbocycles. The first kappa shape index (κ1) is 10.3. The minimum Gasteiger partial charge on any atom is -0.319 e. The Bertz CT molecular complexity index is 54.4. The third kappa shape index (κ3) is 5.09. The van der Waals surface area contributed by atoms with Crippen LogP contribution < -0.4 is 10.6 Å². The highest BCUT2D eigenvalue weighted by molar-refractivity contribution is 7.98. The van der Waals surface area contributed by atoms with Gasteiger partial charge >= 0.3 is 0 Å². The molecule has 0 heterocycles. The highest BCUT2D eigenvalue weighted by Gasteiger charge is 2.03. The van der Waals surface area contributed by atoms with Crippen molar-refractivity contribution in [3.63, 3.8) is 0 Å². The fourth-order valence-corrected chi connectivity index (χ4v) is 1.71. The van der Waals surface area contributed by atoms with Crippen molar-refractivity contribution >= 4 is 11.8 Å². The number of hydrogen-bond donors (Lipinski definition) is 2. The molecule has 0 amide bonds. The third-order valence-electron chi connectivity index (χ3n) is 1.39. The van der Waals surface area contributed by atoms with Gasteiger partial charge in [-0.05, 0) is 45.1 Å². The van der Waals surface area contributed by atoms with E-state index in [1.807, 2.05) is 25.9 Å². The number of hydrogen-bond acceptors (Lipinski definition) is 3. The van der Waals surface area contributed by atoms with E-state index in [-0.39, 0.29) is 0 Å². The molecule has 0 atom stereocenters. The molecule has 2 nitrogen and oxygen atoms in total. The minimum atomic E-state index is 0.769. The maximum atomic E-state index is 3.18. The monoisotopic (exact) mass is 162 g/mol. The molecule has 0 bridgehead atoms. The van der Waals surface area contributed by atoms with Crippen LogP contribution in [-0.4, -0.2) is 39.2 Å². The maximum Gasteiger partial charge on any atom is -0.000346 e. The third-order valence-corrected chi connectivity index (χ3v) is 2.19. The maximum absolute atomic E-state index is 3.18. The molecule has 0 saturated carbocycles. The molecule has 0 aliphatic rings. The Morgan fingerprint density at radius 3 is 2.00 bits per heavy atom. The first-order valence-corrected chi connectivity index (χ1v) is 5.02. The molecule has 0 fully saturated rings. The normalized spacial score (nSPS) is 10.8. The van der Waals surface area contributed by atoms with Gasteiger partial charge in [0.25, 0.3) is 0 Å². The van der Waals surface area contributed by atoms with E-state index < -0.39 is 0 Å². The van der Waals surface area contributed by atoms with Crippen molar-refractivity contribution in [2.75, 3.05) is 39.2 Å². The summed E-state index contributed by atoms with van der Waals surface area (Å²) >= 11 is 1.91. The Hall–Kier alpha value is 0.270. The van der Waals surface area contributed by atoms with E-state index in [9.17, 15) is 0 Å². The first-order valence-electron chi connectivity index (χ1n) is 3.63. The molecule has 3 heteroatoms. The van der Waals surface area contributed by atoms with Crippen LogP contribution in [0, 0.1) is 5.92 Å².